The number of carbonyl (C=O) groups is 1. The molecule has 2 aromatic rings. The van der Waals surface area contributed by atoms with Crippen molar-refractivity contribution in [2.75, 3.05) is 44.8 Å². The minimum absolute atomic E-state index is 0.0341. The normalized spacial score (nSPS) is 22.8. The molecule has 1 aliphatic heterocycles. The SMILES string of the molecule is CO[C@H]1CN(C)C(=O)c2ccc(NS(C)(=O)=O)cc2OC[C@H](C)N(Cc2ccccc2)C[C@@H]1C. The summed E-state index contributed by atoms with van der Waals surface area (Å²) in [5, 5.41) is 0. The highest BCUT2D eigenvalue weighted by molar-refractivity contribution is 7.92. The van der Waals surface area contributed by atoms with Gasteiger partial charge in [0, 0.05) is 45.9 Å². The van der Waals surface area contributed by atoms with E-state index in [1.54, 1.807) is 37.3 Å². The van der Waals surface area contributed by atoms with E-state index in [0.717, 1.165) is 19.3 Å². The van der Waals surface area contributed by atoms with E-state index in [1.807, 2.05) is 18.2 Å². The lowest BCUT2D eigenvalue weighted by Gasteiger charge is -2.36. The molecule has 0 fully saturated rings. The van der Waals surface area contributed by atoms with Crippen molar-refractivity contribution in [1.82, 2.24) is 9.80 Å². The lowest BCUT2D eigenvalue weighted by Crippen LogP contribution is -2.46. The van der Waals surface area contributed by atoms with Crippen molar-refractivity contribution < 1.29 is 22.7 Å². The maximum Gasteiger partial charge on any atom is 0.257 e. The third-order valence-electron chi connectivity index (χ3n) is 6.11. The number of ether oxygens (including phenoxy) is 2. The Balaban J connectivity index is 1.96. The largest absolute Gasteiger partial charge is 0.491 e. The molecule has 1 amide bonds. The first-order valence-corrected chi connectivity index (χ1v) is 13.3. The molecule has 0 bridgehead atoms. The van der Waals surface area contributed by atoms with Gasteiger partial charge in [-0.05, 0) is 30.5 Å². The lowest BCUT2D eigenvalue weighted by molar-refractivity contribution is 0.00922. The zero-order valence-corrected chi connectivity index (χ0v) is 21.3. The van der Waals surface area contributed by atoms with E-state index in [-0.39, 0.29) is 24.0 Å². The van der Waals surface area contributed by atoms with Crippen LogP contribution in [0.15, 0.2) is 48.5 Å². The Bertz CT molecular complexity index is 1080. The molecule has 186 valence electrons. The molecule has 1 aliphatic rings. The van der Waals surface area contributed by atoms with Gasteiger partial charge in [0.25, 0.3) is 5.91 Å². The zero-order chi connectivity index (χ0) is 24.9. The summed E-state index contributed by atoms with van der Waals surface area (Å²) in [5.74, 6) is 0.316. The maximum atomic E-state index is 13.2. The molecule has 1 N–H and O–H groups in total. The first-order valence-electron chi connectivity index (χ1n) is 11.4. The molecule has 34 heavy (non-hydrogen) atoms. The molecule has 0 radical (unpaired) electrons. The van der Waals surface area contributed by atoms with Gasteiger partial charge in [0.15, 0.2) is 0 Å². The van der Waals surface area contributed by atoms with E-state index in [2.05, 4.69) is 35.6 Å². The van der Waals surface area contributed by atoms with Crippen LogP contribution in [-0.2, 0) is 21.3 Å². The number of nitrogens with one attached hydrogen (secondary N) is 1. The van der Waals surface area contributed by atoms with E-state index in [0.29, 0.717) is 30.2 Å². The highest BCUT2D eigenvalue weighted by atomic mass is 32.2. The van der Waals surface area contributed by atoms with Crippen molar-refractivity contribution in [2.24, 2.45) is 5.92 Å². The van der Waals surface area contributed by atoms with Gasteiger partial charge in [-0.25, -0.2) is 8.42 Å². The Labute approximate surface area is 202 Å². The highest BCUT2D eigenvalue weighted by Gasteiger charge is 2.28. The minimum Gasteiger partial charge on any atom is -0.491 e. The minimum atomic E-state index is -3.46. The molecule has 0 saturated heterocycles. The molecule has 1 heterocycles. The van der Waals surface area contributed by atoms with E-state index < -0.39 is 10.0 Å². The first kappa shape index (κ1) is 26.0. The van der Waals surface area contributed by atoms with E-state index in [1.165, 1.54) is 5.56 Å². The van der Waals surface area contributed by atoms with Crippen LogP contribution in [0.5, 0.6) is 5.75 Å². The van der Waals surface area contributed by atoms with Gasteiger partial charge in [0.1, 0.15) is 12.4 Å². The fourth-order valence-corrected chi connectivity index (χ4v) is 4.72. The number of rotatable bonds is 5. The molecule has 3 rings (SSSR count). The van der Waals surface area contributed by atoms with Crippen LogP contribution in [0.4, 0.5) is 5.69 Å². The molecule has 8 nitrogen and oxygen atoms in total. The number of likely N-dealkylation sites (N-methyl/N-ethyl adjacent to an activating group) is 1. The van der Waals surface area contributed by atoms with Gasteiger partial charge >= 0.3 is 0 Å². The number of anilines is 1. The number of benzene rings is 2. The smallest absolute Gasteiger partial charge is 0.257 e. The highest BCUT2D eigenvalue weighted by Crippen LogP contribution is 2.27. The quantitative estimate of drug-likeness (QED) is 0.695. The summed E-state index contributed by atoms with van der Waals surface area (Å²) >= 11 is 0. The second-order valence-electron chi connectivity index (χ2n) is 9.10. The van der Waals surface area contributed by atoms with Gasteiger partial charge in [-0.3, -0.25) is 14.4 Å². The fraction of sp³-hybridized carbons (Fsp3) is 0.480. The number of fused-ring (bicyclic) bond motifs is 1. The van der Waals surface area contributed by atoms with Crippen LogP contribution in [0.1, 0.15) is 29.8 Å². The van der Waals surface area contributed by atoms with Gasteiger partial charge in [0.2, 0.25) is 10.0 Å². The number of amides is 1. The zero-order valence-electron chi connectivity index (χ0n) is 20.5. The van der Waals surface area contributed by atoms with Crippen LogP contribution in [0.2, 0.25) is 0 Å². The van der Waals surface area contributed by atoms with Crippen LogP contribution < -0.4 is 9.46 Å². The standard InChI is InChI=1S/C25H35N3O5S/c1-18-14-28(15-20-9-7-6-8-10-20)19(2)17-33-23-13-21(26-34(5,30)31)11-12-22(23)25(29)27(3)16-24(18)32-4/h6-13,18-19,24,26H,14-17H2,1-5H3/t18-,19-,24-/m0/s1. The van der Waals surface area contributed by atoms with Crippen molar-refractivity contribution in [3.05, 3.63) is 59.7 Å². The molecule has 3 atom stereocenters. The predicted octanol–water partition coefficient (Wildman–Crippen LogP) is 3.06. The Morgan fingerprint density at radius 3 is 2.47 bits per heavy atom. The van der Waals surface area contributed by atoms with Crippen LogP contribution in [0.3, 0.4) is 0 Å². The molecule has 0 spiro atoms. The maximum absolute atomic E-state index is 13.2. The van der Waals surface area contributed by atoms with E-state index >= 15 is 0 Å². The summed E-state index contributed by atoms with van der Waals surface area (Å²) in [6.07, 6.45) is 0.941. The summed E-state index contributed by atoms with van der Waals surface area (Å²) in [6.45, 7) is 6.51. The molecule has 9 heteroatoms. The predicted molar refractivity (Wildman–Crippen MR) is 134 cm³/mol. The van der Waals surface area contributed by atoms with Gasteiger partial charge in [-0.1, -0.05) is 37.3 Å². The summed E-state index contributed by atoms with van der Waals surface area (Å²) in [7, 11) is -0.0478. The Hall–Kier alpha value is -2.62. The number of hydrogen-bond donors (Lipinski definition) is 1. The first-order chi connectivity index (χ1) is 16.1. The van der Waals surface area contributed by atoms with Crippen LogP contribution in [0.25, 0.3) is 0 Å². The average molecular weight is 490 g/mol. The molecular weight excluding hydrogens is 454 g/mol. The topological polar surface area (TPSA) is 88.2 Å². The summed E-state index contributed by atoms with van der Waals surface area (Å²) in [6, 6.07) is 15.0. The Kier molecular flexibility index (Phi) is 8.57. The number of hydrogen-bond acceptors (Lipinski definition) is 6. The summed E-state index contributed by atoms with van der Waals surface area (Å²) in [5.41, 5.74) is 1.93. The van der Waals surface area contributed by atoms with E-state index in [9.17, 15) is 13.2 Å². The average Bonchev–Trinajstić information content (AvgIpc) is 2.79. The van der Waals surface area contributed by atoms with Crippen molar-refractivity contribution in [2.45, 2.75) is 32.5 Å². The molecule has 2 aromatic carbocycles. The summed E-state index contributed by atoms with van der Waals surface area (Å²) < 4.78 is 37.8. The van der Waals surface area contributed by atoms with Gasteiger partial charge in [0.05, 0.1) is 23.6 Å². The Morgan fingerprint density at radius 1 is 1.12 bits per heavy atom. The monoisotopic (exact) mass is 489 g/mol. The Morgan fingerprint density at radius 2 is 1.82 bits per heavy atom. The lowest BCUT2D eigenvalue weighted by atomic mass is 10.0. The van der Waals surface area contributed by atoms with Crippen molar-refractivity contribution >= 4 is 21.6 Å². The number of carbonyl (C=O) groups excluding carboxylic acids is 1. The third-order valence-corrected chi connectivity index (χ3v) is 6.71. The van der Waals surface area contributed by atoms with Crippen molar-refractivity contribution in [3.63, 3.8) is 0 Å². The second kappa shape index (κ2) is 11.2. The molecule has 0 aromatic heterocycles. The van der Waals surface area contributed by atoms with Gasteiger partial charge in [-0.2, -0.15) is 0 Å². The second-order valence-corrected chi connectivity index (χ2v) is 10.8. The third kappa shape index (κ3) is 6.94. The molecule has 0 aliphatic carbocycles. The number of sulfonamides is 1. The van der Waals surface area contributed by atoms with Crippen LogP contribution in [-0.4, -0.2) is 76.4 Å². The van der Waals surface area contributed by atoms with Crippen molar-refractivity contribution in [3.8, 4) is 5.75 Å². The van der Waals surface area contributed by atoms with Gasteiger partial charge in [-0.15, -0.1) is 0 Å². The number of nitrogens with zero attached hydrogens (tertiary/aromatic N) is 2. The van der Waals surface area contributed by atoms with Crippen LogP contribution in [0, 0.1) is 5.92 Å². The molecular formula is C25H35N3O5S. The van der Waals surface area contributed by atoms with Crippen molar-refractivity contribution in [1.29, 1.82) is 0 Å². The van der Waals surface area contributed by atoms with E-state index in [4.69, 9.17) is 9.47 Å². The van der Waals surface area contributed by atoms with Crippen LogP contribution >= 0.6 is 0 Å². The molecule has 0 unspecified atom stereocenters. The fourth-order valence-electron chi connectivity index (χ4n) is 4.16. The molecule has 0 saturated carbocycles. The summed E-state index contributed by atoms with van der Waals surface area (Å²) in [4.78, 5) is 17.2. The number of methoxy groups -OCH3 is 1. The van der Waals surface area contributed by atoms with Gasteiger partial charge < -0.3 is 14.4 Å².